The Bertz CT molecular complexity index is 669. The molecule has 1 aromatic rings. The lowest BCUT2D eigenvalue weighted by molar-refractivity contribution is -0.138. The van der Waals surface area contributed by atoms with Crippen molar-refractivity contribution in [3.05, 3.63) is 35.9 Å². The molecule has 0 fully saturated rings. The van der Waals surface area contributed by atoms with Crippen LogP contribution in [-0.4, -0.2) is 52.9 Å². The number of hydrogen-bond acceptors (Lipinski definition) is 5. The molecular weight excluding hydrogens is 376 g/mol. The maximum Gasteiger partial charge on any atom is 0.410 e. The van der Waals surface area contributed by atoms with Gasteiger partial charge in [-0.2, -0.15) is 0 Å². The molecule has 1 aromatic carbocycles. The van der Waals surface area contributed by atoms with Crippen molar-refractivity contribution in [2.24, 2.45) is 5.92 Å². The molecule has 0 saturated heterocycles. The summed E-state index contributed by atoms with van der Waals surface area (Å²) in [6.07, 6.45) is -0.827. The molecule has 0 spiro atoms. The van der Waals surface area contributed by atoms with E-state index < -0.39 is 36.3 Å². The van der Waals surface area contributed by atoms with E-state index in [-0.39, 0.29) is 19.1 Å². The molecule has 1 rings (SSSR count). The van der Waals surface area contributed by atoms with Crippen LogP contribution in [0.15, 0.2) is 30.3 Å². The monoisotopic (exact) mass is 408 g/mol. The fourth-order valence-electron chi connectivity index (χ4n) is 2.64. The van der Waals surface area contributed by atoms with Crippen molar-refractivity contribution < 1.29 is 29.0 Å². The smallest absolute Gasteiger partial charge is 0.410 e. The predicted octanol–water partition coefficient (Wildman–Crippen LogP) is 3.65. The third-order valence-electron chi connectivity index (χ3n) is 3.71. The Morgan fingerprint density at radius 3 is 2.28 bits per heavy atom. The Labute approximate surface area is 172 Å². The van der Waals surface area contributed by atoms with Crippen LogP contribution in [0.25, 0.3) is 0 Å². The molecule has 2 amide bonds. The number of nitrogens with zero attached hydrogens (tertiary/aromatic N) is 1. The zero-order valence-electron chi connectivity index (χ0n) is 17.8. The third-order valence-corrected chi connectivity index (χ3v) is 3.71. The zero-order valence-corrected chi connectivity index (χ0v) is 17.8. The maximum absolute atomic E-state index is 12.4. The lowest BCUT2D eigenvalue weighted by Crippen LogP contribution is -2.49. The van der Waals surface area contributed by atoms with Gasteiger partial charge in [0.25, 0.3) is 0 Å². The van der Waals surface area contributed by atoms with Gasteiger partial charge in [0.2, 0.25) is 0 Å². The first-order chi connectivity index (χ1) is 13.5. The highest BCUT2D eigenvalue weighted by molar-refractivity contribution is 5.77. The van der Waals surface area contributed by atoms with E-state index in [1.807, 2.05) is 44.2 Å². The lowest BCUT2D eigenvalue weighted by Gasteiger charge is -2.30. The van der Waals surface area contributed by atoms with Crippen LogP contribution < -0.4 is 5.32 Å². The van der Waals surface area contributed by atoms with Gasteiger partial charge in [0.15, 0.2) is 0 Å². The number of aliphatic carboxylic acids is 1. The van der Waals surface area contributed by atoms with Gasteiger partial charge in [-0.15, -0.1) is 0 Å². The van der Waals surface area contributed by atoms with E-state index >= 15 is 0 Å². The summed E-state index contributed by atoms with van der Waals surface area (Å²) in [6.45, 7) is 8.64. The van der Waals surface area contributed by atoms with Gasteiger partial charge in [-0.1, -0.05) is 44.2 Å². The number of amides is 2. The van der Waals surface area contributed by atoms with Gasteiger partial charge in [0.1, 0.15) is 18.8 Å². The second-order valence-corrected chi connectivity index (χ2v) is 8.29. The number of carboxylic acids is 1. The summed E-state index contributed by atoms with van der Waals surface area (Å²) in [6, 6.07) is 8.78. The minimum absolute atomic E-state index is 0.000168. The molecule has 0 aliphatic rings. The van der Waals surface area contributed by atoms with E-state index in [4.69, 9.17) is 14.6 Å². The fourth-order valence-corrected chi connectivity index (χ4v) is 2.64. The molecule has 1 atom stereocenters. The van der Waals surface area contributed by atoms with Crippen LogP contribution in [0, 0.1) is 5.92 Å². The molecule has 162 valence electrons. The maximum atomic E-state index is 12.4. The summed E-state index contributed by atoms with van der Waals surface area (Å²) in [5, 5.41) is 11.9. The van der Waals surface area contributed by atoms with Crippen LogP contribution >= 0.6 is 0 Å². The second-order valence-electron chi connectivity index (χ2n) is 8.29. The van der Waals surface area contributed by atoms with Crippen LogP contribution in [-0.2, 0) is 20.9 Å². The normalized spacial score (nSPS) is 12.2. The predicted molar refractivity (Wildman–Crippen MR) is 108 cm³/mol. The molecule has 29 heavy (non-hydrogen) atoms. The minimum Gasteiger partial charge on any atom is -0.480 e. The van der Waals surface area contributed by atoms with Crippen molar-refractivity contribution in [1.82, 2.24) is 10.2 Å². The molecular formula is C21H32N2O6. The van der Waals surface area contributed by atoms with Gasteiger partial charge in [0.05, 0.1) is 6.04 Å². The largest absolute Gasteiger partial charge is 0.480 e. The number of carbonyl (C=O) groups is 3. The average molecular weight is 408 g/mol. The van der Waals surface area contributed by atoms with Gasteiger partial charge >= 0.3 is 18.2 Å². The van der Waals surface area contributed by atoms with E-state index in [1.54, 1.807) is 20.8 Å². The van der Waals surface area contributed by atoms with Crippen LogP contribution in [0.4, 0.5) is 9.59 Å². The fraction of sp³-hybridized carbons (Fsp3) is 0.571. The number of alkyl carbamates (subject to hydrolysis) is 1. The van der Waals surface area contributed by atoms with E-state index in [0.29, 0.717) is 6.42 Å². The van der Waals surface area contributed by atoms with Gasteiger partial charge in [0, 0.05) is 6.54 Å². The van der Waals surface area contributed by atoms with Crippen molar-refractivity contribution in [2.75, 3.05) is 13.1 Å². The topological polar surface area (TPSA) is 105 Å². The average Bonchev–Trinajstić information content (AvgIpc) is 2.58. The van der Waals surface area contributed by atoms with Crippen molar-refractivity contribution in [3.63, 3.8) is 0 Å². The zero-order chi connectivity index (χ0) is 22.0. The van der Waals surface area contributed by atoms with Crippen LogP contribution in [0.2, 0.25) is 0 Å². The molecule has 0 radical (unpaired) electrons. The number of benzene rings is 1. The van der Waals surface area contributed by atoms with E-state index in [0.717, 1.165) is 10.5 Å². The molecule has 1 unspecified atom stereocenters. The molecule has 8 heteroatoms. The summed E-state index contributed by atoms with van der Waals surface area (Å²) in [4.78, 5) is 36.9. The summed E-state index contributed by atoms with van der Waals surface area (Å²) in [7, 11) is 0. The van der Waals surface area contributed by atoms with Gasteiger partial charge in [-0.05, 0) is 38.7 Å². The third kappa shape index (κ3) is 11.0. The first-order valence-corrected chi connectivity index (χ1v) is 9.63. The number of hydrogen-bond donors (Lipinski definition) is 2. The highest BCUT2D eigenvalue weighted by Gasteiger charge is 2.27. The first kappa shape index (κ1) is 24.3. The minimum atomic E-state index is -1.16. The summed E-state index contributed by atoms with van der Waals surface area (Å²) in [5.41, 5.74) is 0.0907. The SMILES string of the molecule is CC(C)CC(CN(CC(=O)O)C(=O)OC(C)(C)C)NC(=O)OCc1ccccc1. The molecule has 0 bridgehead atoms. The highest BCUT2D eigenvalue weighted by atomic mass is 16.6. The van der Waals surface area contributed by atoms with Crippen LogP contribution in [0.3, 0.4) is 0 Å². The quantitative estimate of drug-likeness (QED) is 0.646. The second kappa shape index (κ2) is 11.3. The van der Waals surface area contributed by atoms with Gasteiger partial charge < -0.3 is 19.9 Å². The van der Waals surface area contributed by atoms with Crippen molar-refractivity contribution >= 4 is 18.2 Å². The molecule has 0 aliphatic heterocycles. The number of carboxylic acid groups (broad SMARTS) is 1. The summed E-state index contributed by atoms with van der Waals surface area (Å²) < 4.78 is 10.5. The number of rotatable bonds is 9. The Balaban J connectivity index is 2.77. The first-order valence-electron chi connectivity index (χ1n) is 9.63. The summed E-state index contributed by atoms with van der Waals surface area (Å²) in [5.74, 6) is -0.953. The Morgan fingerprint density at radius 2 is 1.76 bits per heavy atom. The Kier molecular flexibility index (Phi) is 9.44. The van der Waals surface area contributed by atoms with E-state index in [2.05, 4.69) is 5.32 Å². The summed E-state index contributed by atoms with van der Waals surface area (Å²) >= 11 is 0. The standard InChI is InChI=1S/C21H32N2O6/c1-15(2)11-17(22-19(26)28-14-16-9-7-6-8-10-16)12-23(13-18(24)25)20(27)29-21(3,4)5/h6-10,15,17H,11-14H2,1-5H3,(H,22,26)(H,24,25). The van der Waals surface area contributed by atoms with E-state index in [9.17, 15) is 14.4 Å². The molecule has 0 heterocycles. The Morgan fingerprint density at radius 1 is 1.14 bits per heavy atom. The Hall–Kier alpha value is -2.77. The molecule has 0 saturated carbocycles. The van der Waals surface area contributed by atoms with Crippen LogP contribution in [0.1, 0.15) is 46.6 Å². The molecule has 0 aromatic heterocycles. The van der Waals surface area contributed by atoms with Crippen molar-refractivity contribution in [2.45, 2.75) is 59.3 Å². The van der Waals surface area contributed by atoms with E-state index in [1.165, 1.54) is 0 Å². The number of nitrogens with one attached hydrogen (secondary N) is 1. The molecule has 8 nitrogen and oxygen atoms in total. The van der Waals surface area contributed by atoms with Crippen LogP contribution in [0.5, 0.6) is 0 Å². The number of ether oxygens (including phenoxy) is 2. The van der Waals surface area contributed by atoms with Gasteiger partial charge in [-0.3, -0.25) is 9.69 Å². The van der Waals surface area contributed by atoms with Crippen molar-refractivity contribution in [3.8, 4) is 0 Å². The molecule has 0 aliphatic carbocycles. The highest BCUT2D eigenvalue weighted by Crippen LogP contribution is 2.13. The molecule has 2 N–H and O–H groups in total. The van der Waals surface area contributed by atoms with Gasteiger partial charge in [-0.25, -0.2) is 9.59 Å². The van der Waals surface area contributed by atoms with Crippen molar-refractivity contribution in [1.29, 1.82) is 0 Å². The number of carbonyl (C=O) groups excluding carboxylic acids is 2. The lowest BCUT2D eigenvalue weighted by atomic mass is 10.0.